The molecule has 112 valence electrons. The molecule has 1 N–H and O–H groups in total. The lowest BCUT2D eigenvalue weighted by atomic mass is 10.1. The van der Waals surface area contributed by atoms with Gasteiger partial charge in [-0.1, -0.05) is 24.3 Å². The standard InChI is InChI=1S/C17H21NO3/c1-12-6-5-9-15(13(12)2)18-16(19)11-21-17(20)10-14-7-3-4-8-14/h3,5-7,9,14H,4,8,10-11H2,1-2H3,(H,18,19)/t14-/m0/s1. The van der Waals surface area contributed by atoms with Crippen molar-refractivity contribution in [1.82, 2.24) is 0 Å². The molecule has 0 aliphatic heterocycles. The maximum absolute atomic E-state index is 11.8. The Morgan fingerprint density at radius 1 is 1.33 bits per heavy atom. The van der Waals surface area contributed by atoms with E-state index in [1.54, 1.807) is 0 Å². The van der Waals surface area contributed by atoms with Gasteiger partial charge in [0.25, 0.3) is 5.91 Å². The Balaban J connectivity index is 1.78. The van der Waals surface area contributed by atoms with E-state index in [1.165, 1.54) is 0 Å². The fourth-order valence-corrected chi connectivity index (χ4v) is 2.36. The van der Waals surface area contributed by atoms with E-state index >= 15 is 0 Å². The maximum Gasteiger partial charge on any atom is 0.306 e. The fraction of sp³-hybridized carbons (Fsp3) is 0.412. The number of allylic oxidation sites excluding steroid dienone is 2. The van der Waals surface area contributed by atoms with Crippen LogP contribution >= 0.6 is 0 Å². The van der Waals surface area contributed by atoms with Crippen molar-refractivity contribution in [2.45, 2.75) is 33.1 Å². The predicted molar refractivity (Wildman–Crippen MR) is 82.0 cm³/mol. The van der Waals surface area contributed by atoms with Gasteiger partial charge in [-0.15, -0.1) is 0 Å². The van der Waals surface area contributed by atoms with Gasteiger partial charge in [-0.25, -0.2) is 0 Å². The van der Waals surface area contributed by atoms with Gasteiger partial charge in [-0.05, 0) is 49.8 Å². The van der Waals surface area contributed by atoms with E-state index in [0.717, 1.165) is 29.7 Å². The third-order valence-electron chi connectivity index (χ3n) is 3.78. The minimum atomic E-state index is -0.317. The molecule has 1 aliphatic carbocycles. The van der Waals surface area contributed by atoms with Crippen LogP contribution in [0.5, 0.6) is 0 Å². The van der Waals surface area contributed by atoms with Gasteiger partial charge in [-0.3, -0.25) is 9.59 Å². The summed E-state index contributed by atoms with van der Waals surface area (Å²) in [5.74, 6) is -0.360. The van der Waals surface area contributed by atoms with Crippen LogP contribution in [-0.2, 0) is 14.3 Å². The van der Waals surface area contributed by atoms with Crippen LogP contribution in [0.2, 0.25) is 0 Å². The molecule has 21 heavy (non-hydrogen) atoms. The van der Waals surface area contributed by atoms with Crippen molar-refractivity contribution in [1.29, 1.82) is 0 Å². The maximum atomic E-state index is 11.8. The van der Waals surface area contributed by atoms with Gasteiger partial charge in [0.05, 0.1) is 6.42 Å². The molecule has 0 saturated heterocycles. The molecule has 1 atom stereocenters. The van der Waals surface area contributed by atoms with Gasteiger partial charge < -0.3 is 10.1 Å². The summed E-state index contributed by atoms with van der Waals surface area (Å²) in [5.41, 5.74) is 2.89. The number of aryl methyl sites for hydroxylation is 1. The average Bonchev–Trinajstić information content (AvgIpc) is 2.94. The highest BCUT2D eigenvalue weighted by Gasteiger charge is 2.16. The molecule has 0 fully saturated rings. The monoisotopic (exact) mass is 287 g/mol. The molecule has 2 rings (SSSR count). The number of anilines is 1. The highest BCUT2D eigenvalue weighted by Crippen LogP contribution is 2.21. The first-order chi connectivity index (χ1) is 10.1. The molecule has 1 aromatic rings. The molecule has 1 aromatic carbocycles. The van der Waals surface area contributed by atoms with Crippen molar-refractivity contribution in [3.8, 4) is 0 Å². The summed E-state index contributed by atoms with van der Waals surface area (Å²) in [4.78, 5) is 23.5. The Bertz CT molecular complexity index is 563. The molecule has 0 bridgehead atoms. The number of amides is 1. The zero-order valence-corrected chi connectivity index (χ0v) is 12.5. The Labute approximate surface area is 125 Å². The number of carbonyl (C=O) groups is 2. The minimum Gasteiger partial charge on any atom is -0.456 e. The van der Waals surface area contributed by atoms with Gasteiger partial charge in [0.15, 0.2) is 6.61 Å². The second-order valence-corrected chi connectivity index (χ2v) is 5.43. The number of hydrogen-bond donors (Lipinski definition) is 1. The summed E-state index contributed by atoms with van der Waals surface area (Å²) in [6.07, 6.45) is 6.48. The van der Waals surface area contributed by atoms with Crippen LogP contribution in [0.25, 0.3) is 0 Å². The molecular formula is C17H21NO3. The van der Waals surface area contributed by atoms with Crippen molar-refractivity contribution in [3.63, 3.8) is 0 Å². The van der Waals surface area contributed by atoms with E-state index in [0.29, 0.717) is 6.42 Å². The van der Waals surface area contributed by atoms with Crippen molar-refractivity contribution < 1.29 is 14.3 Å². The van der Waals surface area contributed by atoms with Gasteiger partial charge in [-0.2, -0.15) is 0 Å². The Hall–Kier alpha value is -2.10. The SMILES string of the molecule is Cc1cccc(NC(=O)COC(=O)C[C@H]2C=CCC2)c1C. The average molecular weight is 287 g/mol. The molecule has 0 spiro atoms. The topological polar surface area (TPSA) is 55.4 Å². The zero-order valence-electron chi connectivity index (χ0n) is 12.5. The van der Waals surface area contributed by atoms with Crippen molar-refractivity contribution in [3.05, 3.63) is 41.5 Å². The lowest BCUT2D eigenvalue weighted by Crippen LogP contribution is -2.22. The summed E-state index contributed by atoms with van der Waals surface area (Å²) in [7, 11) is 0. The molecule has 0 heterocycles. The van der Waals surface area contributed by atoms with Crippen LogP contribution in [0, 0.1) is 19.8 Å². The molecular weight excluding hydrogens is 266 g/mol. The third kappa shape index (κ3) is 4.45. The van der Waals surface area contributed by atoms with Crippen LogP contribution in [-0.4, -0.2) is 18.5 Å². The Morgan fingerprint density at radius 3 is 2.86 bits per heavy atom. The van der Waals surface area contributed by atoms with E-state index < -0.39 is 0 Å². The van der Waals surface area contributed by atoms with E-state index in [4.69, 9.17) is 4.74 Å². The zero-order chi connectivity index (χ0) is 15.2. The molecule has 0 radical (unpaired) electrons. The second-order valence-electron chi connectivity index (χ2n) is 5.43. The van der Waals surface area contributed by atoms with Gasteiger partial charge >= 0.3 is 5.97 Å². The Morgan fingerprint density at radius 2 is 2.14 bits per heavy atom. The second kappa shape index (κ2) is 7.07. The van der Waals surface area contributed by atoms with Crippen LogP contribution in [0.1, 0.15) is 30.4 Å². The van der Waals surface area contributed by atoms with Crippen LogP contribution < -0.4 is 5.32 Å². The van der Waals surface area contributed by atoms with E-state index in [-0.39, 0.29) is 24.4 Å². The van der Waals surface area contributed by atoms with Gasteiger partial charge in [0.1, 0.15) is 0 Å². The number of rotatable bonds is 5. The molecule has 4 heteroatoms. The van der Waals surface area contributed by atoms with E-state index in [1.807, 2.05) is 38.1 Å². The van der Waals surface area contributed by atoms with Crippen LogP contribution in [0.4, 0.5) is 5.69 Å². The van der Waals surface area contributed by atoms with Crippen LogP contribution in [0.15, 0.2) is 30.4 Å². The highest BCUT2D eigenvalue weighted by molar-refractivity contribution is 5.93. The normalized spacial score (nSPS) is 16.8. The summed E-state index contributed by atoms with van der Waals surface area (Å²) in [5, 5.41) is 2.77. The lowest BCUT2D eigenvalue weighted by molar-refractivity contribution is -0.147. The summed E-state index contributed by atoms with van der Waals surface area (Å²) in [6.45, 7) is 3.70. The third-order valence-corrected chi connectivity index (χ3v) is 3.78. The number of benzene rings is 1. The molecule has 0 unspecified atom stereocenters. The molecule has 0 aromatic heterocycles. The highest BCUT2D eigenvalue weighted by atomic mass is 16.5. The number of nitrogens with one attached hydrogen (secondary N) is 1. The molecule has 4 nitrogen and oxygen atoms in total. The number of esters is 1. The number of hydrogen-bond acceptors (Lipinski definition) is 3. The first-order valence-corrected chi connectivity index (χ1v) is 7.24. The van der Waals surface area contributed by atoms with Gasteiger partial charge in [0.2, 0.25) is 0 Å². The van der Waals surface area contributed by atoms with Crippen LogP contribution in [0.3, 0.4) is 0 Å². The minimum absolute atomic E-state index is 0.233. The quantitative estimate of drug-likeness (QED) is 0.668. The lowest BCUT2D eigenvalue weighted by Gasteiger charge is -2.11. The largest absolute Gasteiger partial charge is 0.456 e. The van der Waals surface area contributed by atoms with Crippen molar-refractivity contribution >= 4 is 17.6 Å². The predicted octanol–water partition coefficient (Wildman–Crippen LogP) is 3.14. The smallest absolute Gasteiger partial charge is 0.306 e. The summed E-state index contributed by atoms with van der Waals surface area (Å²) >= 11 is 0. The fourth-order valence-electron chi connectivity index (χ4n) is 2.36. The number of ether oxygens (including phenoxy) is 1. The van der Waals surface area contributed by atoms with E-state index in [2.05, 4.69) is 11.4 Å². The molecule has 0 saturated carbocycles. The van der Waals surface area contributed by atoms with Crippen molar-refractivity contribution in [2.24, 2.45) is 5.92 Å². The van der Waals surface area contributed by atoms with E-state index in [9.17, 15) is 9.59 Å². The molecule has 1 amide bonds. The number of carbonyl (C=O) groups excluding carboxylic acids is 2. The summed E-state index contributed by atoms with van der Waals surface area (Å²) < 4.78 is 5.02. The first-order valence-electron chi connectivity index (χ1n) is 7.24. The van der Waals surface area contributed by atoms with Gasteiger partial charge in [0, 0.05) is 5.69 Å². The first kappa shape index (κ1) is 15.3. The molecule has 1 aliphatic rings. The Kier molecular flexibility index (Phi) is 5.14. The summed E-state index contributed by atoms with van der Waals surface area (Å²) in [6, 6.07) is 5.71. The van der Waals surface area contributed by atoms with Crippen molar-refractivity contribution in [2.75, 3.05) is 11.9 Å².